The molecule has 0 unspecified atom stereocenters. The lowest BCUT2D eigenvalue weighted by Gasteiger charge is -2.26. The standard InChI is InChI=1S/C16H19BrINO3/c1-9(20)10-3-5-11(6-4-10)16(21)19-14-8-15(22-2)12(17)7-13(14)18/h7-8,10-11H,3-6H2,1-2H3,(H,19,21)/t10-,11-. The average molecular weight is 480 g/mol. The van der Waals surface area contributed by atoms with E-state index in [1.807, 2.05) is 12.1 Å². The molecule has 0 aromatic heterocycles. The van der Waals surface area contributed by atoms with E-state index in [0.717, 1.165) is 39.4 Å². The van der Waals surface area contributed by atoms with Gasteiger partial charge < -0.3 is 10.1 Å². The summed E-state index contributed by atoms with van der Waals surface area (Å²) in [6.07, 6.45) is 3.18. The second-order valence-corrected chi connectivity index (χ2v) is 7.63. The Hall–Kier alpha value is -0.630. The summed E-state index contributed by atoms with van der Waals surface area (Å²) in [6, 6.07) is 3.74. The van der Waals surface area contributed by atoms with Crippen LogP contribution in [0.25, 0.3) is 0 Å². The minimum atomic E-state index is -0.0129. The SMILES string of the molecule is COc1cc(NC(=O)[C@H]2CC[C@H](C(C)=O)CC2)c(I)cc1Br. The number of carbonyl (C=O) groups excluding carboxylic acids is 2. The van der Waals surface area contributed by atoms with Crippen LogP contribution in [0, 0.1) is 15.4 Å². The van der Waals surface area contributed by atoms with Crippen molar-refractivity contribution in [1.29, 1.82) is 0 Å². The summed E-state index contributed by atoms with van der Waals surface area (Å²) in [5.74, 6) is 1.09. The van der Waals surface area contributed by atoms with Gasteiger partial charge in [-0.15, -0.1) is 0 Å². The maximum absolute atomic E-state index is 12.4. The number of ether oxygens (including phenoxy) is 1. The highest BCUT2D eigenvalue weighted by atomic mass is 127. The molecule has 1 aromatic rings. The fourth-order valence-electron chi connectivity index (χ4n) is 2.78. The van der Waals surface area contributed by atoms with Crippen LogP contribution in [0.1, 0.15) is 32.6 Å². The van der Waals surface area contributed by atoms with Crippen LogP contribution in [0.5, 0.6) is 5.75 Å². The fourth-order valence-corrected chi connectivity index (χ4v) is 4.31. The topological polar surface area (TPSA) is 55.4 Å². The van der Waals surface area contributed by atoms with Crippen molar-refractivity contribution in [1.82, 2.24) is 0 Å². The summed E-state index contributed by atoms with van der Waals surface area (Å²) in [7, 11) is 1.60. The van der Waals surface area contributed by atoms with Gasteiger partial charge >= 0.3 is 0 Å². The number of ketones is 1. The molecule has 120 valence electrons. The first-order chi connectivity index (χ1) is 10.4. The Kier molecular flexibility index (Phi) is 6.26. The molecule has 6 heteroatoms. The van der Waals surface area contributed by atoms with Crippen LogP contribution in [0.15, 0.2) is 16.6 Å². The van der Waals surface area contributed by atoms with Crippen LogP contribution < -0.4 is 10.1 Å². The highest BCUT2D eigenvalue weighted by molar-refractivity contribution is 14.1. The zero-order chi connectivity index (χ0) is 16.3. The summed E-state index contributed by atoms with van der Waals surface area (Å²) in [5.41, 5.74) is 0.763. The van der Waals surface area contributed by atoms with Gasteiger partial charge in [-0.2, -0.15) is 0 Å². The maximum atomic E-state index is 12.4. The molecule has 1 saturated carbocycles. The monoisotopic (exact) mass is 479 g/mol. The van der Waals surface area contributed by atoms with Crippen molar-refractivity contribution < 1.29 is 14.3 Å². The van der Waals surface area contributed by atoms with Gasteiger partial charge in [0.2, 0.25) is 5.91 Å². The molecule has 4 nitrogen and oxygen atoms in total. The molecule has 0 aliphatic heterocycles. The molecule has 22 heavy (non-hydrogen) atoms. The van der Waals surface area contributed by atoms with E-state index in [9.17, 15) is 9.59 Å². The molecule has 0 saturated heterocycles. The Balaban J connectivity index is 2.02. The first kappa shape index (κ1) is 17.7. The molecule has 1 aliphatic carbocycles. The van der Waals surface area contributed by atoms with Gasteiger partial charge in [-0.1, -0.05) is 0 Å². The van der Waals surface area contributed by atoms with Crippen molar-refractivity contribution in [3.8, 4) is 5.75 Å². The molecular formula is C16H19BrINO3. The molecule has 0 bridgehead atoms. The first-order valence-corrected chi connectivity index (χ1v) is 9.14. The van der Waals surface area contributed by atoms with Gasteiger partial charge in [-0.05, 0) is 77.2 Å². The van der Waals surface area contributed by atoms with E-state index in [0.29, 0.717) is 5.75 Å². The number of carbonyl (C=O) groups is 2. The minimum absolute atomic E-state index is 0.0129. The Morgan fingerprint density at radius 1 is 1.23 bits per heavy atom. The van der Waals surface area contributed by atoms with E-state index in [1.165, 1.54) is 0 Å². The highest BCUT2D eigenvalue weighted by Gasteiger charge is 2.28. The van der Waals surface area contributed by atoms with Crippen molar-refractivity contribution in [2.45, 2.75) is 32.6 Å². The van der Waals surface area contributed by atoms with E-state index < -0.39 is 0 Å². The van der Waals surface area contributed by atoms with Crippen molar-refractivity contribution in [2.24, 2.45) is 11.8 Å². The second-order valence-electron chi connectivity index (χ2n) is 5.62. The molecular weight excluding hydrogens is 461 g/mol. The lowest BCUT2D eigenvalue weighted by atomic mass is 9.80. The predicted molar refractivity (Wildman–Crippen MR) is 98.2 cm³/mol. The molecule has 0 spiro atoms. The largest absolute Gasteiger partial charge is 0.495 e. The third-order valence-corrected chi connectivity index (χ3v) is 5.68. The van der Waals surface area contributed by atoms with Crippen molar-refractivity contribution in [3.05, 3.63) is 20.2 Å². The van der Waals surface area contributed by atoms with Gasteiger partial charge in [0.25, 0.3) is 0 Å². The number of hydrogen-bond donors (Lipinski definition) is 1. The fraction of sp³-hybridized carbons (Fsp3) is 0.500. The molecule has 0 heterocycles. The Labute approximate surface area is 152 Å². The molecule has 1 fully saturated rings. The summed E-state index contributed by atoms with van der Waals surface area (Å²) >= 11 is 5.62. The van der Waals surface area contributed by atoms with Crippen LogP contribution in [-0.4, -0.2) is 18.8 Å². The van der Waals surface area contributed by atoms with E-state index >= 15 is 0 Å². The molecule has 1 amide bonds. The van der Waals surface area contributed by atoms with Gasteiger partial charge in [0.1, 0.15) is 11.5 Å². The smallest absolute Gasteiger partial charge is 0.227 e. The predicted octanol–water partition coefficient (Wildman–Crippen LogP) is 4.40. The molecule has 1 N–H and O–H groups in total. The highest BCUT2D eigenvalue weighted by Crippen LogP contribution is 2.34. The van der Waals surface area contributed by atoms with Crippen LogP contribution in [-0.2, 0) is 9.59 Å². The average Bonchev–Trinajstić information content (AvgIpc) is 2.50. The molecule has 0 radical (unpaired) electrons. The van der Waals surface area contributed by atoms with Crippen molar-refractivity contribution >= 4 is 55.9 Å². The number of amides is 1. The molecule has 1 aromatic carbocycles. The van der Waals surface area contributed by atoms with Crippen LogP contribution >= 0.6 is 38.5 Å². The van der Waals surface area contributed by atoms with Gasteiger partial charge in [-0.3, -0.25) is 9.59 Å². The van der Waals surface area contributed by atoms with E-state index in [1.54, 1.807) is 14.0 Å². The second kappa shape index (κ2) is 7.77. The van der Waals surface area contributed by atoms with Crippen molar-refractivity contribution in [3.63, 3.8) is 0 Å². The lowest BCUT2D eigenvalue weighted by Crippen LogP contribution is -2.29. The first-order valence-electron chi connectivity index (χ1n) is 7.26. The molecule has 2 rings (SSSR count). The number of anilines is 1. The third kappa shape index (κ3) is 4.22. The Bertz CT molecular complexity index is 583. The number of methoxy groups -OCH3 is 1. The summed E-state index contributed by atoms with van der Waals surface area (Å²) < 4.78 is 7.08. The summed E-state index contributed by atoms with van der Waals surface area (Å²) in [5, 5.41) is 2.99. The third-order valence-electron chi connectivity index (χ3n) is 4.17. The number of halogens is 2. The van der Waals surface area contributed by atoms with E-state index in [2.05, 4.69) is 43.8 Å². The van der Waals surface area contributed by atoms with E-state index in [4.69, 9.17) is 4.74 Å². The lowest BCUT2D eigenvalue weighted by molar-refractivity contribution is -0.125. The molecule has 1 aliphatic rings. The van der Waals surface area contributed by atoms with Gasteiger partial charge in [0.05, 0.1) is 17.3 Å². The maximum Gasteiger partial charge on any atom is 0.227 e. The number of nitrogens with one attached hydrogen (secondary N) is 1. The summed E-state index contributed by atoms with van der Waals surface area (Å²) in [6.45, 7) is 1.64. The van der Waals surface area contributed by atoms with Crippen molar-refractivity contribution in [2.75, 3.05) is 12.4 Å². The Morgan fingerprint density at radius 3 is 2.36 bits per heavy atom. The summed E-state index contributed by atoms with van der Waals surface area (Å²) in [4.78, 5) is 23.8. The quantitative estimate of drug-likeness (QED) is 0.651. The van der Waals surface area contributed by atoms with Crippen LogP contribution in [0.2, 0.25) is 0 Å². The zero-order valence-electron chi connectivity index (χ0n) is 12.6. The number of benzene rings is 1. The van der Waals surface area contributed by atoms with Gasteiger partial charge in [0, 0.05) is 21.5 Å². The zero-order valence-corrected chi connectivity index (χ0v) is 16.4. The Morgan fingerprint density at radius 2 is 1.82 bits per heavy atom. The van der Waals surface area contributed by atoms with Gasteiger partial charge in [-0.25, -0.2) is 0 Å². The number of rotatable bonds is 4. The van der Waals surface area contributed by atoms with Crippen LogP contribution in [0.3, 0.4) is 0 Å². The van der Waals surface area contributed by atoms with Crippen LogP contribution in [0.4, 0.5) is 5.69 Å². The van der Waals surface area contributed by atoms with E-state index in [-0.39, 0.29) is 23.5 Å². The minimum Gasteiger partial charge on any atom is -0.495 e. The van der Waals surface area contributed by atoms with Gasteiger partial charge in [0.15, 0.2) is 0 Å². The number of hydrogen-bond acceptors (Lipinski definition) is 3. The molecule has 0 atom stereocenters. The normalized spacial score (nSPS) is 21.3. The number of Topliss-reactive ketones (excluding diaryl/α,β-unsaturated/α-hetero) is 1.